The van der Waals surface area contributed by atoms with Gasteiger partial charge in [-0.1, -0.05) is 0 Å². The van der Waals surface area contributed by atoms with E-state index in [0.717, 1.165) is 0 Å². The number of hydrogen-bond donors (Lipinski definition) is 2. The van der Waals surface area contributed by atoms with Crippen LogP contribution in [0.4, 0.5) is 5.69 Å². The highest BCUT2D eigenvalue weighted by Gasteiger charge is 2.14. The number of aromatic nitrogens is 2. The van der Waals surface area contributed by atoms with Gasteiger partial charge >= 0.3 is 0 Å². The van der Waals surface area contributed by atoms with E-state index in [1.165, 1.54) is 12.4 Å². The first-order valence-electron chi connectivity index (χ1n) is 5.03. The Morgan fingerprint density at radius 2 is 2.24 bits per heavy atom. The summed E-state index contributed by atoms with van der Waals surface area (Å²) >= 11 is 0. The van der Waals surface area contributed by atoms with E-state index in [0.29, 0.717) is 22.7 Å². The van der Waals surface area contributed by atoms with Crippen LogP contribution in [0.5, 0.6) is 11.5 Å². The van der Waals surface area contributed by atoms with Gasteiger partial charge in [0.1, 0.15) is 0 Å². The highest BCUT2D eigenvalue weighted by Crippen LogP contribution is 2.34. The van der Waals surface area contributed by atoms with E-state index in [1.807, 2.05) is 0 Å². The molecule has 1 aromatic carbocycles. The topological polar surface area (TPSA) is 76.2 Å². The summed E-state index contributed by atoms with van der Waals surface area (Å²) in [5, 5.41) is 9.03. The van der Waals surface area contributed by atoms with Gasteiger partial charge in [-0.05, 0) is 12.1 Å². The number of nitrogens with one attached hydrogen (secondary N) is 2. The van der Waals surface area contributed by atoms with Gasteiger partial charge < -0.3 is 14.8 Å². The molecule has 1 aromatic heterocycles. The lowest BCUT2D eigenvalue weighted by Crippen LogP contribution is -2.10. The molecule has 6 nitrogen and oxygen atoms in total. The molecule has 0 unspecified atom stereocenters. The third kappa shape index (κ3) is 1.80. The Morgan fingerprint density at radius 3 is 3.06 bits per heavy atom. The van der Waals surface area contributed by atoms with Gasteiger partial charge in [0.25, 0.3) is 5.91 Å². The van der Waals surface area contributed by atoms with Gasteiger partial charge in [-0.25, -0.2) is 0 Å². The van der Waals surface area contributed by atoms with Crippen molar-refractivity contribution >= 4 is 11.6 Å². The molecule has 0 saturated heterocycles. The first-order chi connectivity index (χ1) is 8.33. The fourth-order valence-electron chi connectivity index (χ4n) is 1.55. The van der Waals surface area contributed by atoms with Crippen LogP contribution in [-0.2, 0) is 0 Å². The molecule has 0 saturated carbocycles. The molecule has 2 N–H and O–H groups in total. The van der Waals surface area contributed by atoms with Crippen molar-refractivity contribution in [3.05, 3.63) is 36.2 Å². The minimum Gasteiger partial charge on any atom is -0.454 e. The third-order valence-corrected chi connectivity index (χ3v) is 2.39. The molecule has 2 heterocycles. The van der Waals surface area contributed by atoms with Crippen molar-refractivity contribution in [2.24, 2.45) is 0 Å². The maximum absolute atomic E-state index is 11.7. The first-order valence-corrected chi connectivity index (χ1v) is 5.03. The zero-order valence-electron chi connectivity index (χ0n) is 8.77. The van der Waals surface area contributed by atoms with Crippen LogP contribution in [0, 0.1) is 0 Å². The van der Waals surface area contributed by atoms with Crippen LogP contribution in [0.2, 0.25) is 0 Å². The normalized spacial score (nSPS) is 12.5. The number of carbonyl (C=O) groups is 1. The lowest BCUT2D eigenvalue weighted by Gasteiger charge is -2.04. The molecule has 6 heteroatoms. The number of aromatic amines is 1. The van der Waals surface area contributed by atoms with Gasteiger partial charge in [0.2, 0.25) is 6.79 Å². The van der Waals surface area contributed by atoms with E-state index in [4.69, 9.17) is 9.47 Å². The highest BCUT2D eigenvalue weighted by molar-refractivity contribution is 6.04. The molecule has 0 bridgehead atoms. The first kappa shape index (κ1) is 9.71. The molecule has 0 radical (unpaired) electrons. The Hall–Kier alpha value is -2.50. The second-order valence-electron chi connectivity index (χ2n) is 3.51. The summed E-state index contributed by atoms with van der Waals surface area (Å²) in [6.07, 6.45) is 2.99. The molecule has 1 aliphatic rings. The number of benzene rings is 1. The lowest BCUT2D eigenvalue weighted by atomic mass is 10.2. The van der Waals surface area contributed by atoms with E-state index in [-0.39, 0.29) is 12.7 Å². The summed E-state index contributed by atoms with van der Waals surface area (Å²) < 4.78 is 10.4. The summed E-state index contributed by atoms with van der Waals surface area (Å²) in [5.41, 5.74) is 1.13. The van der Waals surface area contributed by atoms with Crippen LogP contribution < -0.4 is 14.8 Å². The predicted octanol–water partition coefficient (Wildman–Crippen LogP) is 1.39. The largest absolute Gasteiger partial charge is 0.454 e. The van der Waals surface area contributed by atoms with Crippen molar-refractivity contribution in [3.8, 4) is 11.5 Å². The van der Waals surface area contributed by atoms with Gasteiger partial charge in [0, 0.05) is 18.0 Å². The van der Waals surface area contributed by atoms with Gasteiger partial charge in [-0.3, -0.25) is 9.89 Å². The number of amides is 1. The molecular weight excluding hydrogens is 222 g/mol. The van der Waals surface area contributed by atoms with Crippen LogP contribution >= 0.6 is 0 Å². The van der Waals surface area contributed by atoms with Crippen molar-refractivity contribution in [2.75, 3.05) is 12.1 Å². The Balaban J connectivity index is 1.80. The second-order valence-corrected chi connectivity index (χ2v) is 3.51. The molecule has 3 rings (SSSR count). The van der Waals surface area contributed by atoms with Gasteiger partial charge in [-0.15, -0.1) is 0 Å². The van der Waals surface area contributed by atoms with Crippen LogP contribution in [0.1, 0.15) is 10.4 Å². The average molecular weight is 231 g/mol. The second kappa shape index (κ2) is 3.82. The maximum atomic E-state index is 11.7. The molecule has 2 aromatic rings. The Labute approximate surface area is 96.5 Å². The zero-order valence-corrected chi connectivity index (χ0v) is 8.77. The molecule has 1 amide bonds. The molecule has 0 atom stereocenters. The van der Waals surface area contributed by atoms with Crippen molar-refractivity contribution < 1.29 is 14.3 Å². The Kier molecular flexibility index (Phi) is 2.18. The zero-order chi connectivity index (χ0) is 11.7. The minimum atomic E-state index is -0.224. The monoisotopic (exact) mass is 231 g/mol. The van der Waals surface area contributed by atoms with Crippen LogP contribution in [0.25, 0.3) is 0 Å². The van der Waals surface area contributed by atoms with E-state index in [9.17, 15) is 4.79 Å². The number of fused-ring (bicyclic) bond motifs is 1. The number of ether oxygens (including phenoxy) is 2. The van der Waals surface area contributed by atoms with Crippen molar-refractivity contribution in [1.82, 2.24) is 10.2 Å². The number of nitrogens with zero attached hydrogens (tertiary/aromatic N) is 1. The average Bonchev–Trinajstić information content (AvgIpc) is 2.99. The van der Waals surface area contributed by atoms with E-state index >= 15 is 0 Å². The van der Waals surface area contributed by atoms with E-state index in [1.54, 1.807) is 18.2 Å². The number of carbonyl (C=O) groups excluding carboxylic acids is 1. The summed E-state index contributed by atoms with van der Waals surface area (Å²) in [4.78, 5) is 11.7. The van der Waals surface area contributed by atoms with Crippen molar-refractivity contribution in [2.45, 2.75) is 0 Å². The molecule has 1 aliphatic heterocycles. The standard InChI is InChI=1S/C11H9N3O3/c15-11(7-4-12-13-5-7)14-8-1-2-9-10(3-8)17-6-16-9/h1-5H,6H2,(H,12,13)(H,14,15). The highest BCUT2D eigenvalue weighted by atomic mass is 16.7. The quantitative estimate of drug-likeness (QED) is 0.818. The van der Waals surface area contributed by atoms with Crippen molar-refractivity contribution in [3.63, 3.8) is 0 Å². The Bertz CT molecular complexity index is 551. The molecule has 86 valence electrons. The van der Waals surface area contributed by atoms with Gasteiger partial charge in [0.15, 0.2) is 11.5 Å². The van der Waals surface area contributed by atoms with E-state index in [2.05, 4.69) is 15.5 Å². The third-order valence-electron chi connectivity index (χ3n) is 2.39. The molecule has 0 fully saturated rings. The van der Waals surface area contributed by atoms with Crippen LogP contribution in [0.3, 0.4) is 0 Å². The molecule has 17 heavy (non-hydrogen) atoms. The minimum absolute atomic E-state index is 0.217. The van der Waals surface area contributed by atoms with E-state index < -0.39 is 0 Å². The number of H-pyrrole nitrogens is 1. The number of hydrogen-bond acceptors (Lipinski definition) is 4. The summed E-state index contributed by atoms with van der Waals surface area (Å²) in [6.45, 7) is 0.217. The SMILES string of the molecule is O=C(Nc1ccc2c(c1)OCO2)c1cn[nH]c1. The smallest absolute Gasteiger partial charge is 0.258 e. The predicted molar refractivity (Wildman–Crippen MR) is 59.1 cm³/mol. The summed E-state index contributed by atoms with van der Waals surface area (Å²) in [7, 11) is 0. The Morgan fingerprint density at radius 1 is 1.35 bits per heavy atom. The molecule has 0 aliphatic carbocycles. The molecule has 0 spiro atoms. The lowest BCUT2D eigenvalue weighted by molar-refractivity contribution is 0.102. The van der Waals surface area contributed by atoms with Crippen LogP contribution in [0.15, 0.2) is 30.6 Å². The number of rotatable bonds is 2. The molecular formula is C11H9N3O3. The fraction of sp³-hybridized carbons (Fsp3) is 0.0909. The maximum Gasteiger partial charge on any atom is 0.258 e. The van der Waals surface area contributed by atoms with Crippen molar-refractivity contribution in [1.29, 1.82) is 0 Å². The van der Waals surface area contributed by atoms with Gasteiger partial charge in [0.05, 0.1) is 11.8 Å². The van der Waals surface area contributed by atoms with Gasteiger partial charge in [-0.2, -0.15) is 5.10 Å². The number of anilines is 1. The summed E-state index contributed by atoms with van der Waals surface area (Å²) in [5.74, 6) is 1.10. The fourth-order valence-corrected chi connectivity index (χ4v) is 1.55. The van der Waals surface area contributed by atoms with Crippen LogP contribution in [-0.4, -0.2) is 22.9 Å². The summed E-state index contributed by atoms with van der Waals surface area (Å²) in [6, 6.07) is 5.24.